The number of aromatic nitrogens is 3. The molecule has 0 radical (unpaired) electrons. The first-order valence-electron chi connectivity index (χ1n) is 10.9. The second-order valence-electron chi connectivity index (χ2n) is 8.07. The van der Waals surface area contributed by atoms with Gasteiger partial charge in [0.2, 0.25) is 5.95 Å². The molecule has 1 saturated carbocycles. The fraction of sp³-hybridized carbons (Fsp3) is 0.435. The van der Waals surface area contributed by atoms with Crippen LogP contribution in [0.1, 0.15) is 12.1 Å². The molecule has 3 aromatic rings. The van der Waals surface area contributed by atoms with Crippen molar-refractivity contribution in [3.8, 4) is 21.0 Å². The number of anilines is 2. The van der Waals surface area contributed by atoms with Crippen LogP contribution in [0.3, 0.4) is 0 Å². The number of hydrogen-bond donors (Lipinski definition) is 5. The van der Waals surface area contributed by atoms with Gasteiger partial charge >= 0.3 is 0 Å². The van der Waals surface area contributed by atoms with Crippen LogP contribution in [-0.2, 0) is 0 Å². The molecule has 1 fully saturated rings. The largest absolute Gasteiger partial charge is 0.396 e. The van der Waals surface area contributed by atoms with Crippen LogP contribution in [0.5, 0.6) is 0 Å². The average molecular weight is 488 g/mol. The Bertz CT molecular complexity index is 1070. The summed E-state index contributed by atoms with van der Waals surface area (Å²) in [6.45, 7) is 2.50. The van der Waals surface area contributed by atoms with E-state index in [1.807, 2.05) is 43.5 Å². The van der Waals surface area contributed by atoms with E-state index < -0.39 is 18.2 Å². The number of thioether (sulfide) groups is 1. The van der Waals surface area contributed by atoms with E-state index >= 15 is 0 Å². The SMILES string of the molecule is CSCCNc1nc(C)c(-c2ccc(-c3ccccn3)s2)c(N[C@@H]2C[C@H](CO)[C@@H](O)[C@H]2O)n1. The minimum atomic E-state index is -0.995. The van der Waals surface area contributed by atoms with Crippen molar-refractivity contribution in [2.24, 2.45) is 5.92 Å². The normalized spacial score (nSPS) is 22.5. The molecule has 1 aliphatic rings. The Kier molecular flexibility index (Phi) is 7.82. The molecule has 0 aliphatic heterocycles. The Morgan fingerprint density at radius 2 is 1.94 bits per heavy atom. The van der Waals surface area contributed by atoms with Gasteiger partial charge in [0.1, 0.15) is 11.9 Å². The van der Waals surface area contributed by atoms with Crippen LogP contribution >= 0.6 is 23.1 Å². The highest BCUT2D eigenvalue weighted by Crippen LogP contribution is 2.39. The monoisotopic (exact) mass is 487 g/mol. The molecule has 8 nitrogen and oxygen atoms in total. The number of nitrogens with zero attached hydrogens (tertiary/aromatic N) is 3. The number of aliphatic hydroxyl groups is 3. The van der Waals surface area contributed by atoms with Crippen molar-refractivity contribution in [3.05, 3.63) is 42.2 Å². The molecule has 3 heterocycles. The van der Waals surface area contributed by atoms with E-state index in [1.165, 1.54) is 0 Å². The van der Waals surface area contributed by atoms with Gasteiger partial charge in [-0.25, -0.2) is 4.98 Å². The lowest BCUT2D eigenvalue weighted by atomic mass is 10.1. The van der Waals surface area contributed by atoms with E-state index in [1.54, 1.807) is 29.3 Å². The molecule has 5 N–H and O–H groups in total. The van der Waals surface area contributed by atoms with Gasteiger partial charge in [-0.3, -0.25) is 4.98 Å². The number of aryl methyl sites for hydroxylation is 1. The summed E-state index contributed by atoms with van der Waals surface area (Å²) < 4.78 is 0. The Hall–Kier alpha value is -2.24. The number of hydrogen-bond acceptors (Lipinski definition) is 10. The van der Waals surface area contributed by atoms with Gasteiger partial charge in [-0.2, -0.15) is 16.7 Å². The van der Waals surface area contributed by atoms with Crippen molar-refractivity contribution < 1.29 is 15.3 Å². The lowest BCUT2D eigenvalue weighted by molar-refractivity contribution is 0.00446. The molecular weight excluding hydrogens is 458 g/mol. The first-order valence-corrected chi connectivity index (χ1v) is 13.1. The minimum absolute atomic E-state index is 0.175. The van der Waals surface area contributed by atoms with Crippen molar-refractivity contribution in [1.29, 1.82) is 0 Å². The summed E-state index contributed by atoms with van der Waals surface area (Å²) in [5.41, 5.74) is 2.56. The van der Waals surface area contributed by atoms with Gasteiger partial charge in [0, 0.05) is 35.9 Å². The maximum absolute atomic E-state index is 10.6. The van der Waals surface area contributed by atoms with E-state index in [0.717, 1.165) is 39.0 Å². The fourth-order valence-electron chi connectivity index (χ4n) is 4.06. The third kappa shape index (κ3) is 5.30. The van der Waals surface area contributed by atoms with Gasteiger partial charge in [-0.1, -0.05) is 6.07 Å². The number of pyridine rings is 1. The van der Waals surface area contributed by atoms with Crippen LogP contribution in [0.2, 0.25) is 0 Å². The summed E-state index contributed by atoms with van der Waals surface area (Å²) in [6.07, 6.45) is 2.29. The van der Waals surface area contributed by atoms with Crippen molar-refractivity contribution in [1.82, 2.24) is 15.0 Å². The van der Waals surface area contributed by atoms with Crippen LogP contribution in [-0.4, -0.2) is 73.7 Å². The second-order valence-corrected chi connectivity index (χ2v) is 10.1. The predicted octanol–water partition coefficient (Wildman–Crippen LogP) is 2.86. The molecule has 0 saturated heterocycles. The van der Waals surface area contributed by atoms with Crippen LogP contribution in [0.15, 0.2) is 36.5 Å². The average Bonchev–Trinajstić information content (AvgIpc) is 3.40. The summed E-state index contributed by atoms with van der Waals surface area (Å²) in [5, 5.41) is 37.0. The molecule has 10 heteroatoms. The molecule has 4 atom stereocenters. The summed E-state index contributed by atoms with van der Waals surface area (Å²) in [4.78, 5) is 15.9. The number of nitrogens with one attached hydrogen (secondary N) is 2. The van der Waals surface area contributed by atoms with Crippen LogP contribution < -0.4 is 10.6 Å². The Morgan fingerprint density at radius 1 is 1.12 bits per heavy atom. The molecule has 33 heavy (non-hydrogen) atoms. The van der Waals surface area contributed by atoms with Crippen molar-refractivity contribution in [3.63, 3.8) is 0 Å². The molecule has 1 aliphatic carbocycles. The van der Waals surface area contributed by atoms with E-state index in [2.05, 4.69) is 20.6 Å². The van der Waals surface area contributed by atoms with E-state index in [9.17, 15) is 15.3 Å². The van der Waals surface area contributed by atoms with E-state index in [0.29, 0.717) is 18.2 Å². The molecule has 0 aromatic carbocycles. The summed E-state index contributed by atoms with van der Waals surface area (Å²) >= 11 is 3.34. The number of rotatable bonds is 9. The molecule has 4 rings (SSSR count). The minimum Gasteiger partial charge on any atom is -0.396 e. The molecule has 0 bridgehead atoms. The van der Waals surface area contributed by atoms with E-state index in [4.69, 9.17) is 4.98 Å². The molecule has 176 valence electrons. The fourth-order valence-corrected chi connectivity index (χ4v) is 5.45. The number of aliphatic hydroxyl groups excluding tert-OH is 3. The van der Waals surface area contributed by atoms with Gasteiger partial charge in [0.25, 0.3) is 0 Å². The van der Waals surface area contributed by atoms with Crippen LogP contribution in [0.4, 0.5) is 11.8 Å². The quantitative estimate of drug-likeness (QED) is 0.290. The highest BCUT2D eigenvalue weighted by molar-refractivity contribution is 7.98. The first-order chi connectivity index (χ1) is 16.0. The third-order valence-corrected chi connectivity index (χ3v) is 7.55. The summed E-state index contributed by atoms with van der Waals surface area (Å²) in [6, 6.07) is 9.46. The third-order valence-electron chi connectivity index (χ3n) is 5.81. The summed E-state index contributed by atoms with van der Waals surface area (Å²) in [7, 11) is 0. The predicted molar refractivity (Wildman–Crippen MR) is 135 cm³/mol. The van der Waals surface area contributed by atoms with Crippen molar-refractivity contribution in [2.45, 2.75) is 31.6 Å². The van der Waals surface area contributed by atoms with Gasteiger partial charge in [0.05, 0.1) is 34.0 Å². The van der Waals surface area contributed by atoms with Gasteiger partial charge in [-0.05, 0) is 43.9 Å². The zero-order chi connectivity index (χ0) is 23.4. The van der Waals surface area contributed by atoms with Gasteiger partial charge in [0.15, 0.2) is 0 Å². The van der Waals surface area contributed by atoms with E-state index in [-0.39, 0.29) is 12.5 Å². The van der Waals surface area contributed by atoms with Gasteiger partial charge in [-0.15, -0.1) is 11.3 Å². The number of thiophene rings is 1. The molecule has 0 spiro atoms. The van der Waals surface area contributed by atoms with Crippen molar-refractivity contribution >= 4 is 34.9 Å². The highest BCUT2D eigenvalue weighted by Gasteiger charge is 2.41. The Balaban J connectivity index is 1.69. The Morgan fingerprint density at radius 3 is 2.64 bits per heavy atom. The highest BCUT2D eigenvalue weighted by atomic mass is 32.2. The smallest absolute Gasteiger partial charge is 0.224 e. The van der Waals surface area contributed by atoms with Gasteiger partial charge < -0.3 is 26.0 Å². The second kappa shape index (κ2) is 10.8. The maximum atomic E-state index is 10.6. The molecule has 0 amide bonds. The molecular formula is C23H29N5O3S2. The first kappa shape index (κ1) is 23.9. The molecule has 0 unspecified atom stereocenters. The lowest BCUT2D eigenvalue weighted by Gasteiger charge is -2.21. The lowest BCUT2D eigenvalue weighted by Crippen LogP contribution is -2.35. The molecule has 3 aromatic heterocycles. The van der Waals surface area contributed by atoms with Crippen molar-refractivity contribution in [2.75, 3.05) is 35.8 Å². The maximum Gasteiger partial charge on any atom is 0.224 e. The zero-order valence-corrected chi connectivity index (χ0v) is 20.2. The van der Waals surface area contributed by atoms with Crippen LogP contribution in [0, 0.1) is 12.8 Å². The standard InChI is InChI=1S/C23H29N5O3S2/c1-13-19(18-7-6-17(33-18)15-5-3-4-8-24-15)22(28-23(26-13)25-9-10-32-2)27-16-11-14(12-29)20(30)21(16)31/h3-8,14,16,20-21,29-31H,9-12H2,1-2H3,(H2,25,26,27,28)/t14-,16-,20-,21+/m1/s1. The summed E-state index contributed by atoms with van der Waals surface area (Å²) in [5.74, 6) is 1.66. The van der Waals surface area contributed by atoms with Crippen LogP contribution in [0.25, 0.3) is 21.0 Å². The topological polar surface area (TPSA) is 123 Å². The Labute approximate surface area is 201 Å². The zero-order valence-electron chi connectivity index (χ0n) is 18.6.